The van der Waals surface area contributed by atoms with Crippen LogP contribution in [0.15, 0.2) is 12.2 Å². The SMILES string of the molecule is CC(C)(O)CNC(=O)/C=C/C1CCOCC1. The third-order valence-corrected chi connectivity index (χ3v) is 2.48. The molecule has 1 aliphatic rings. The van der Waals surface area contributed by atoms with Crippen LogP contribution in [-0.2, 0) is 9.53 Å². The third kappa shape index (κ3) is 5.88. The predicted octanol–water partition coefficient (Wildman–Crippen LogP) is 0.856. The Kier molecular flexibility index (Phi) is 4.96. The summed E-state index contributed by atoms with van der Waals surface area (Å²) in [6.45, 7) is 5.15. The Morgan fingerprint density at radius 2 is 2.12 bits per heavy atom. The molecular weight excluding hydrogens is 206 g/mol. The van der Waals surface area contributed by atoms with Crippen molar-refractivity contribution in [1.29, 1.82) is 0 Å². The van der Waals surface area contributed by atoms with Gasteiger partial charge in [-0.1, -0.05) is 6.08 Å². The molecule has 1 aliphatic heterocycles. The highest BCUT2D eigenvalue weighted by Crippen LogP contribution is 2.15. The van der Waals surface area contributed by atoms with E-state index in [0.29, 0.717) is 5.92 Å². The Bertz CT molecular complexity index is 249. The van der Waals surface area contributed by atoms with Gasteiger partial charge in [-0.2, -0.15) is 0 Å². The van der Waals surface area contributed by atoms with E-state index in [1.54, 1.807) is 19.9 Å². The average Bonchev–Trinajstić information content (AvgIpc) is 2.24. The number of carbonyl (C=O) groups excluding carboxylic acids is 1. The van der Waals surface area contributed by atoms with Gasteiger partial charge in [-0.15, -0.1) is 0 Å². The first-order chi connectivity index (χ1) is 7.47. The molecule has 1 fully saturated rings. The Hall–Kier alpha value is -0.870. The third-order valence-electron chi connectivity index (χ3n) is 2.48. The molecule has 0 saturated carbocycles. The Morgan fingerprint density at radius 3 is 2.69 bits per heavy atom. The van der Waals surface area contributed by atoms with Gasteiger partial charge in [0.15, 0.2) is 0 Å². The van der Waals surface area contributed by atoms with Crippen LogP contribution in [0.5, 0.6) is 0 Å². The topological polar surface area (TPSA) is 58.6 Å². The Labute approximate surface area is 96.7 Å². The van der Waals surface area contributed by atoms with E-state index >= 15 is 0 Å². The van der Waals surface area contributed by atoms with E-state index in [1.807, 2.05) is 6.08 Å². The molecule has 0 unspecified atom stereocenters. The first kappa shape index (κ1) is 13.2. The van der Waals surface area contributed by atoms with E-state index in [9.17, 15) is 9.90 Å². The van der Waals surface area contributed by atoms with Gasteiger partial charge in [0.25, 0.3) is 0 Å². The number of carbonyl (C=O) groups is 1. The molecule has 0 aromatic carbocycles. The van der Waals surface area contributed by atoms with Gasteiger partial charge in [0.05, 0.1) is 5.60 Å². The van der Waals surface area contributed by atoms with Crippen molar-refractivity contribution in [2.75, 3.05) is 19.8 Å². The van der Waals surface area contributed by atoms with Crippen molar-refractivity contribution in [3.63, 3.8) is 0 Å². The van der Waals surface area contributed by atoms with Gasteiger partial charge in [-0.3, -0.25) is 4.79 Å². The lowest BCUT2D eigenvalue weighted by Crippen LogP contribution is -2.37. The highest BCUT2D eigenvalue weighted by Gasteiger charge is 2.13. The second-order valence-corrected chi connectivity index (χ2v) is 4.84. The van der Waals surface area contributed by atoms with Crippen molar-refractivity contribution >= 4 is 5.91 Å². The number of rotatable bonds is 4. The lowest BCUT2D eigenvalue weighted by atomic mass is 10.00. The molecule has 0 atom stereocenters. The molecule has 4 nitrogen and oxygen atoms in total. The fourth-order valence-corrected chi connectivity index (χ4v) is 1.49. The minimum absolute atomic E-state index is 0.145. The van der Waals surface area contributed by atoms with Crippen LogP contribution in [0, 0.1) is 5.92 Å². The molecule has 16 heavy (non-hydrogen) atoms. The molecule has 2 N–H and O–H groups in total. The second kappa shape index (κ2) is 6.01. The van der Waals surface area contributed by atoms with Crippen LogP contribution >= 0.6 is 0 Å². The van der Waals surface area contributed by atoms with Gasteiger partial charge in [0.1, 0.15) is 0 Å². The van der Waals surface area contributed by atoms with Crippen LogP contribution in [0.3, 0.4) is 0 Å². The number of allylic oxidation sites excluding steroid dienone is 1. The van der Waals surface area contributed by atoms with Crippen LogP contribution in [0.25, 0.3) is 0 Å². The summed E-state index contributed by atoms with van der Waals surface area (Å²) in [4.78, 5) is 11.4. The summed E-state index contributed by atoms with van der Waals surface area (Å²) in [5.41, 5.74) is -0.859. The van der Waals surface area contributed by atoms with Gasteiger partial charge < -0.3 is 15.2 Å². The number of amides is 1. The number of hydrogen-bond donors (Lipinski definition) is 2. The van der Waals surface area contributed by atoms with Crippen molar-refractivity contribution in [3.8, 4) is 0 Å². The van der Waals surface area contributed by atoms with Gasteiger partial charge in [-0.05, 0) is 38.7 Å². The van der Waals surface area contributed by atoms with Crippen molar-refractivity contribution in [2.24, 2.45) is 5.92 Å². The number of hydrogen-bond acceptors (Lipinski definition) is 3. The minimum atomic E-state index is -0.859. The number of ether oxygens (including phenoxy) is 1. The van der Waals surface area contributed by atoms with E-state index in [-0.39, 0.29) is 12.5 Å². The maximum Gasteiger partial charge on any atom is 0.243 e. The van der Waals surface area contributed by atoms with Crippen LogP contribution in [0.1, 0.15) is 26.7 Å². The molecular formula is C12H21NO3. The summed E-state index contributed by atoms with van der Waals surface area (Å²) >= 11 is 0. The second-order valence-electron chi connectivity index (χ2n) is 4.84. The summed E-state index contributed by atoms with van der Waals surface area (Å²) in [6.07, 6.45) is 5.45. The molecule has 0 radical (unpaired) electrons. The van der Waals surface area contributed by atoms with Crippen LogP contribution in [0.4, 0.5) is 0 Å². The standard InChI is InChI=1S/C12H21NO3/c1-12(2,15)9-13-11(14)4-3-10-5-7-16-8-6-10/h3-4,10,15H,5-9H2,1-2H3,(H,13,14)/b4-3+. The fraction of sp³-hybridized carbons (Fsp3) is 0.750. The zero-order chi connectivity index (χ0) is 12.0. The molecule has 0 spiro atoms. The molecule has 1 heterocycles. The quantitative estimate of drug-likeness (QED) is 0.700. The molecule has 0 aliphatic carbocycles. The van der Waals surface area contributed by atoms with Gasteiger partial charge in [0, 0.05) is 19.8 Å². The summed E-state index contributed by atoms with van der Waals surface area (Å²) < 4.78 is 5.23. The molecule has 1 rings (SSSR count). The minimum Gasteiger partial charge on any atom is -0.389 e. The van der Waals surface area contributed by atoms with Crippen molar-refractivity contribution < 1.29 is 14.6 Å². The lowest BCUT2D eigenvalue weighted by molar-refractivity contribution is -0.117. The molecule has 0 aromatic heterocycles. The van der Waals surface area contributed by atoms with E-state index in [2.05, 4.69) is 5.32 Å². The predicted molar refractivity (Wildman–Crippen MR) is 62.0 cm³/mol. The van der Waals surface area contributed by atoms with Gasteiger partial charge in [0.2, 0.25) is 5.91 Å². The summed E-state index contributed by atoms with van der Waals surface area (Å²) in [5, 5.41) is 12.1. The highest BCUT2D eigenvalue weighted by molar-refractivity contribution is 5.87. The molecule has 1 saturated heterocycles. The zero-order valence-electron chi connectivity index (χ0n) is 10.0. The average molecular weight is 227 g/mol. The van der Waals surface area contributed by atoms with E-state index < -0.39 is 5.60 Å². The van der Waals surface area contributed by atoms with Crippen LogP contribution in [0.2, 0.25) is 0 Å². The number of nitrogens with one attached hydrogen (secondary N) is 1. The Morgan fingerprint density at radius 1 is 1.50 bits per heavy atom. The van der Waals surface area contributed by atoms with Gasteiger partial charge >= 0.3 is 0 Å². The summed E-state index contributed by atoms with van der Waals surface area (Å²) in [6, 6.07) is 0. The van der Waals surface area contributed by atoms with Crippen LogP contribution in [-0.4, -0.2) is 36.4 Å². The van der Waals surface area contributed by atoms with E-state index in [1.165, 1.54) is 0 Å². The van der Waals surface area contributed by atoms with Crippen molar-refractivity contribution in [3.05, 3.63) is 12.2 Å². The fourth-order valence-electron chi connectivity index (χ4n) is 1.49. The largest absolute Gasteiger partial charge is 0.389 e. The van der Waals surface area contributed by atoms with Crippen LogP contribution < -0.4 is 5.32 Å². The first-order valence-corrected chi connectivity index (χ1v) is 5.73. The molecule has 4 heteroatoms. The smallest absolute Gasteiger partial charge is 0.243 e. The Balaban J connectivity index is 2.24. The highest BCUT2D eigenvalue weighted by atomic mass is 16.5. The number of aliphatic hydroxyl groups is 1. The first-order valence-electron chi connectivity index (χ1n) is 5.73. The van der Waals surface area contributed by atoms with E-state index in [4.69, 9.17) is 4.74 Å². The van der Waals surface area contributed by atoms with Crippen molar-refractivity contribution in [2.45, 2.75) is 32.3 Å². The molecule has 0 bridgehead atoms. The monoisotopic (exact) mass is 227 g/mol. The molecule has 0 aromatic rings. The van der Waals surface area contributed by atoms with Gasteiger partial charge in [-0.25, -0.2) is 0 Å². The lowest BCUT2D eigenvalue weighted by Gasteiger charge is -2.19. The summed E-state index contributed by atoms with van der Waals surface area (Å²) in [7, 11) is 0. The maximum absolute atomic E-state index is 11.4. The molecule has 92 valence electrons. The maximum atomic E-state index is 11.4. The normalized spacial score (nSPS) is 18.9. The molecule has 1 amide bonds. The zero-order valence-corrected chi connectivity index (χ0v) is 10.0. The van der Waals surface area contributed by atoms with Crippen molar-refractivity contribution in [1.82, 2.24) is 5.32 Å². The summed E-state index contributed by atoms with van der Waals surface area (Å²) in [5.74, 6) is 0.301. The van der Waals surface area contributed by atoms with E-state index in [0.717, 1.165) is 26.1 Å².